The molecule has 0 amide bonds. The molecular formula is C10H7F5N4O2. The van der Waals surface area contributed by atoms with Crippen LogP contribution in [-0.4, -0.2) is 26.6 Å². The van der Waals surface area contributed by atoms with Gasteiger partial charge < -0.3 is 9.47 Å². The number of aromatic nitrogens is 4. The molecule has 0 fully saturated rings. The minimum absolute atomic E-state index is 0.286. The van der Waals surface area contributed by atoms with Crippen LogP contribution in [0, 0.1) is 0 Å². The number of hydrogen-bond donors (Lipinski definition) is 0. The zero-order valence-corrected chi connectivity index (χ0v) is 10.3. The first-order valence-corrected chi connectivity index (χ1v) is 5.32. The Morgan fingerprint density at radius 2 is 1.95 bits per heavy atom. The summed E-state index contributed by atoms with van der Waals surface area (Å²) in [7, 11) is 1.22. The lowest BCUT2D eigenvalue weighted by Gasteiger charge is -2.06. The van der Waals surface area contributed by atoms with Gasteiger partial charge in [0.05, 0.1) is 6.20 Å². The van der Waals surface area contributed by atoms with Gasteiger partial charge in [0.1, 0.15) is 0 Å². The Balaban J connectivity index is 2.20. The first-order valence-electron chi connectivity index (χ1n) is 5.32. The van der Waals surface area contributed by atoms with Gasteiger partial charge in [-0.25, -0.2) is 4.68 Å². The van der Waals surface area contributed by atoms with Crippen molar-refractivity contribution in [1.82, 2.24) is 20.0 Å². The Morgan fingerprint density at radius 3 is 2.52 bits per heavy atom. The Labute approximate surface area is 114 Å². The molecule has 0 saturated heterocycles. The third kappa shape index (κ3) is 3.77. The lowest BCUT2D eigenvalue weighted by molar-refractivity contribution is -0.141. The SMILES string of the molecule is Cn1nc(C(F)(F)F)cc1Oc1cc(OC(F)F)cnn1. The molecule has 2 heterocycles. The lowest BCUT2D eigenvalue weighted by atomic mass is 10.4. The van der Waals surface area contributed by atoms with E-state index in [0.29, 0.717) is 6.07 Å². The second kappa shape index (κ2) is 5.50. The van der Waals surface area contributed by atoms with E-state index < -0.39 is 18.5 Å². The average molecular weight is 310 g/mol. The molecular weight excluding hydrogens is 303 g/mol. The Kier molecular flexibility index (Phi) is 3.91. The summed E-state index contributed by atoms with van der Waals surface area (Å²) >= 11 is 0. The molecule has 0 aliphatic heterocycles. The molecule has 6 nitrogen and oxygen atoms in total. The molecule has 0 saturated carbocycles. The van der Waals surface area contributed by atoms with Crippen LogP contribution in [0.3, 0.4) is 0 Å². The lowest BCUT2D eigenvalue weighted by Crippen LogP contribution is -2.06. The molecule has 0 bridgehead atoms. The summed E-state index contributed by atoms with van der Waals surface area (Å²) in [6, 6.07) is 1.60. The van der Waals surface area contributed by atoms with E-state index >= 15 is 0 Å². The second-order valence-electron chi connectivity index (χ2n) is 3.70. The summed E-state index contributed by atoms with van der Waals surface area (Å²) in [5.74, 6) is -0.941. The molecule has 0 radical (unpaired) electrons. The third-order valence-electron chi connectivity index (χ3n) is 2.17. The zero-order chi connectivity index (χ0) is 15.6. The fraction of sp³-hybridized carbons (Fsp3) is 0.300. The van der Waals surface area contributed by atoms with Crippen LogP contribution >= 0.6 is 0 Å². The van der Waals surface area contributed by atoms with Gasteiger partial charge >= 0.3 is 12.8 Å². The molecule has 114 valence electrons. The topological polar surface area (TPSA) is 62.1 Å². The highest BCUT2D eigenvalue weighted by Crippen LogP contribution is 2.31. The molecule has 2 rings (SSSR count). The fourth-order valence-corrected chi connectivity index (χ4v) is 1.34. The highest BCUT2D eigenvalue weighted by molar-refractivity contribution is 5.27. The quantitative estimate of drug-likeness (QED) is 0.812. The maximum Gasteiger partial charge on any atom is 0.435 e. The minimum atomic E-state index is -4.63. The van der Waals surface area contributed by atoms with E-state index in [-0.39, 0.29) is 17.5 Å². The predicted molar refractivity (Wildman–Crippen MR) is 56.9 cm³/mol. The molecule has 0 aliphatic rings. The summed E-state index contributed by atoms with van der Waals surface area (Å²) in [5.41, 5.74) is -1.16. The molecule has 0 aromatic carbocycles. The molecule has 0 aliphatic carbocycles. The molecule has 2 aromatic rings. The van der Waals surface area contributed by atoms with Crippen LogP contribution < -0.4 is 9.47 Å². The summed E-state index contributed by atoms with van der Waals surface area (Å²) in [5, 5.41) is 9.98. The molecule has 21 heavy (non-hydrogen) atoms. The second-order valence-corrected chi connectivity index (χ2v) is 3.70. The van der Waals surface area contributed by atoms with Crippen molar-refractivity contribution in [1.29, 1.82) is 0 Å². The fourth-order valence-electron chi connectivity index (χ4n) is 1.34. The van der Waals surface area contributed by atoms with Gasteiger partial charge in [-0.1, -0.05) is 0 Å². The molecule has 2 aromatic heterocycles. The van der Waals surface area contributed by atoms with Crippen LogP contribution in [-0.2, 0) is 13.2 Å². The number of halogens is 5. The molecule has 0 N–H and O–H groups in total. The largest absolute Gasteiger partial charge is 0.435 e. The van der Waals surface area contributed by atoms with E-state index in [1.807, 2.05) is 0 Å². The van der Waals surface area contributed by atoms with Crippen LogP contribution in [0.15, 0.2) is 18.3 Å². The zero-order valence-electron chi connectivity index (χ0n) is 10.3. The van der Waals surface area contributed by atoms with Gasteiger partial charge in [-0.2, -0.15) is 32.1 Å². The van der Waals surface area contributed by atoms with E-state index in [4.69, 9.17) is 4.74 Å². The number of aryl methyl sites for hydroxylation is 1. The van der Waals surface area contributed by atoms with Crippen molar-refractivity contribution >= 4 is 0 Å². The van der Waals surface area contributed by atoms with Gasteiger partial charge in [-0.3, -0.25) is 0 Å². The third-order valence-corrected chi connectivity index (χ3v) is 2.17. The maximum absolute atomic E-state index is 12.5. The smallest absolute Gasteiger partial charge is 0.433 e. The maximum atomic E-state index is 12.5. The summed E-state index contributed by atoms with van der Waals surface area (Å²) in [4.78, 5) is 0. The van der Waals surface area contributed by atoms with Crippen molar-refractivity contribution in [3.8, 4) is 17.5 Å². The van der Waals surface area contributed by atoms with E-state index in [1.54, 1.807) is 0 Å². The van der Waals surface area contributed by atoms with Crippen LogP contribution in [0.25, 0.3) is 0 Å². The van der Waals surface area contributed by atoms with E-state index in [2.05, 4.69) is 20.0 Å². The Hall–Kier alpha value is -2.46. The first kappa shape index (κ1) is 14.9. The van der Waals surface area contributed by atoms with E-state index in [9.17, 15) is 22.0 Å². The molecule has 0 spiro atoms. The van der Waals surface area contributed by atoms with Gasteiger partial charge in [0.2, 0.25) is 11.8 Å². The minimum Gasteiger partial charge on any atom is -0.433 e. The number of nitrogens with zero attached hydrogens (tertiary/aromatic N) is 4. The summed E-state index contributed by atoms with van der Waals surface area (Å²) in [6.07, 6.45) is -3.73. The van der Waals surface area contributed by atoms with Crippen molar-refractivity contribution < 1.29 is 31.4 Å². The highest BCUT2D eigenvalue weighted by Gasteiger charge is 2.35. The van der Waals surface area contributed by atoms with Crippen LogP contribution in [0.2, 0.25) is 0 Å². The van der Waals surface area contributed by atoms with Crippen LogP contribution in [0.5, 0.6) is 17.5 Å². The van der Waals surface area contributed by atoms with Gasteiger partial charge in [0, 0.05) is 19.2 Å². The average Bonchev–Trinajstić information content (AvgIpc) is 2.70. The number of ether oxygens (including phenoxy) is 2. The molecule has 11 heteroatoms. The van der Waals surface area contributed by atoms with Crippen molar-refractivity contribution in [3.05, 3.63) is 24.0 Å². The molecule has 0 unspecified atom stereocenters. The highest BCUT2D eigenvalue weighted by atomic mass is 19.4. The van der Waals surface area contributed by atoms with Gasteiger partial charge in [-0.05, 0) is 0 Å². The van der Waals surface area contributed by atoms with Gasteiger partial charge in [-0.15, -0.1) is 5.10 Å². The summed E-state index contributed by atoms with van der Waals surface area (Å²) in [6.45, 7) is -3.07. The summed E-state index contributed by atoms with van der Waals surface area (Å²) < 4.78 is 71.3. The van der Waals surface area contributed by atoms with Gasteiger partial charge in [0.25, 0.3) is 0 Å². The normalized spacial score (nSPS) is 11.8. The standard InChI is InChI=1S/C10H7F5N4O2/c1-19-8(3-6(18-19)10(13,14)15)21-7-2-5(4-16-17-7)20-9(11)12/h2-4,9H,1H3. The van der Waals surface area contributed by atoms with Gasteiger partial charge in [0.15, 0.2) is 11.4 Å². The van der Waals surface area contributed by atoms with Crippen molar-refractivity contribution in [2.45, 2.75) is 12.8 Å². The van der Waals surface area contributed by atoms with E-state index in [0.717, 1.165) is 16.9 Å². The van der Waals surface area contributed by atoms with Crippen molar-refractivity contribution in [2.24, 2.45) is 7.05 Å². The van der Waals surface area contributed by atoms with E-state index in [1.165, 1.54) is 7.05 Å². The predicted octanol–water partition coefficient (Wildman–Crippen LogP) is 2.62. The Bertz CT molecular complexity index is 628. The van der Waals surface area contributed by atoms with Crippen LogP contribution in [0.1, 0.15) is 5.69 Å². The molecule has 0 atom stereocenters. The number of rotatable bonds is 4. The monoisotopic (exact) mass is 310 g/mol. The number of hydrogen-bond acceptors (Lipinski definition) is 5. The van der Waals surface area contributed by atoms with Crippen LogP contribution in [0.4, 0.5) is 22.0 Å². The van der Waals surface area contributed by atoms with Crippen molar-refractivity contribution in [2.75, 3.05) is 0 Å². The number of alkyl halides is 5. The Morgan fingerprint density at radius 1 is 1.24 bits per heavy atom. The first-order chi connectivity index (χ1) is 9.75. The van der Waals surface area contributed by atoms with Crippen molar-refractivity contribution in [3.63, 3.8) is 0 Å².